The van der Waals surface area contributed by atoms with Crippen LogP contribution in [0.5, 0.6) is 0 Å². The fourth-order valence-electron chi connectivity index (χ4n) is 2.69. The molecular formula is C14H16BrFN2S. The quantitative estimate of drug-likeness (QED) is 0.802. The number of aliphatic imine (C=N–C) groups is 1. The van der Waals surface area contributed by atoms with Gasteiger partial charge in [-0.1, -0.05) is 24.6 Å². The average molecular weight is 343 g/mol. The van der Waals surface area contributed by atoms with E-state index in [1.54, 1.807) is 23.9 Å². The summed E-state index contributed by atoms with van der Waals surface area (Å²) in [4.78, 5) is 4.81. The fourth-order valence-corrected chi connectivity index (χ4v) is 4.23. The van der Waals surface area contributed by atoms with E-state index >= 15 is 0 Å². The molecule has 0 radical (unpaired) electrons. The second kappa shape index (κ2) is 5.83. The van der Waals surface area contributed by atoms with Crippen LogP contribution in [0.25, 0.3) is 0 Å². The van der Waals surface area contributed by atoms with E-state index in [1.165, 1.54) is 31.7 Å². The number of nitrogens with one attached hydrogen (secondary N) is 1. The summed E-state index contributed by atoms with van der Waals surface area (Å²) in [6.45, 7) is 0. The molecule has 0 bridgehead atoms. The third-order valence-electron chi connectivity index (χ3n) is 3.76. The van der Waals surface area contributed by atoms with Crippen molar-refractivity contribution in [3.63, 3.8) is 0 Å². The summed E-state index contributed by atoms with van der Waals surface area (Å²) in [6.07, 6.45) is 5.18. The Bertz CT molecular complexity index is 506. The number of nitrogens with zero attached hydrogens (tertiary/aromatic N) is 1. The predicted octanol–water partition coefficient (Wildman–Crippen LogP) is 4.66. The van der Waals surface area contributed by atoms with Crippen LogP contribution in [-0.2, 0) is 0 Å². The van der Waals surface area contributed by atoms with Gasteiger partial charge in [0.05, 0.1) is 10.5 Å². The van der Waals surface area contributed by atoms with Crippen LogP contribution in [0.4, 0.5) is 10.1 Å². The number of hydrogen-bond donors (Lipinski definition) is 1. The number of anilines is 1. The van der Waals surface area contributed by atoms with Gasteiger partial charge in [0, 0.05) is 11.4 Å². The molecule has 0 aromatic heterocycles. The first-order chi connectivity index (χ1) is 9.22. The maximum Gasteiger partial charge on any atom is 0.161 e. The topological polar surface area (TPSA) is 24.4 Å². The van der Waals surface area contributed by atoms with E-state index in [9.17, 15) is 4.39 Å². The molecular weight excluding hydrogens is 327 g/mol. The number of thioether (sulfide) groups is 1. The fraction of sp³-hybridized carbons (Fsp3) is 0.500. The second-order valence-corrected chi connectivity index (χ2v) is 6.97. The molecule has 2 unspecified atom stereocenters. The van der Waals surface area contributed by atoms with Gasteiger partial charge in [0.2, 0.25) is 0 Å². The van der Waals surface area contributed by atoms with E-state index in [2.05, 4.69) is 21.2 Å². The summed E-state index contributed by atoms with van der Waals surface area (Å²) in [5.74, 6) is 1.67. The largest absolute Gasteiger partial charge is 0.335 e. The van der Waals surface area contributed by atoms with Crippen LogP contribution in [0.1, 0.15) is 25.7 Å². The van der Waals surface area contributed by atoms with Crippen molar-refractivity contribution in [2.75, 3.05) is 11.1 Å². The highest BCUT2D eigenvalue weighted by molar-refractivity contribution is 9.10. The number of fused-ring (bicyclic) bond motifs is 1. The maximum absolute atomic E-state index is 13.2. The lowest BCUT2D eigenvalue weighted by molar-refractivity contribution is 0.336. The van der Waals surface area contributed by atoms with E-state index in [1.807, 2.05) is 0 Å². The minimum atomic E-state index is -0.240. The first kappa shape index (κ1) is 13.4. The van der Waals surface area contributed by atoms with Gasteiger partial charge in [0.25, 0.3) is 0 Å². The first-order valence-electron chi connectivity index (χ1n) is 6.65. The van der Waals surface area contributed by atoms with Gasteiger partial charge >= 0.3 is 0 Å². The van der Waals surface area contributed by atoms with Crippen LogP contribution in [0.2, 0.25) is 0 Å². The number of amidine groups is 1. The number of halogens is 2. The van der Waals surface area contributed by atoms with Crippen molar-refractivity contribution >= 4 is 38.5 Å². The van der Waals surface area contributed by atoms with Gasteiger partial charge in [-0.05, 0) is 52.9 Å². The molecule has 2 nitrogen and oxygen atoms in total. The maximum atomic E-state index is 13.2. The predicted molar refractivity (Wildman–Crippen MR) is 83.4 cm³/mol. The molecule has 19 heavy (non-hydrogen) atoms. The lowest BCUT2D eigenvalue weighted by Gasteiger charge is -2.32. The zero-order chi connectivity index (χ0) is 13.2. The average Bonchev–Trinajstić information content (AvgIpc) is 2.43. The molecule has 1 N–H and O–H groups in total. The van der Waals surface area contributed by atoms with Gasteiger partial charge in [-0.2, -0.15) is 0 Å². The van der Waals surface area contributed by atoms with Gasteiger partial charge in [-0.25, -0.2) is 4.39 Å². The molecule has 1 saturated carbocycles. The molecule has 1 aliphatic heterocycles. The van der Waals surface area contributed by atoms with Crippen molar-refractivity contribution < 1.29 is 4.39 Å². The van der Waals surface area contributed by atoms with E-state index in [0.29, 0.717) is 10.5 Å². The third kappa shape index (κ3) is 3.14. The summed E-state index contributed by atoms with van der Waals surface area (Å²) in [7, 11) is 0. The molecule has 1 heterocycles. The smallest absolute Gasteiger partial charge is 0.161 e. The second-order valence-electron chi connectivity index (χ2n) is 5.11. The van der Waals surface area contributed by atoms with Gasteiger partial charge in [-0.3, -0.25) is 4.99 Å². The molecule has 0 saturated heterocycles. The van der Waals surface area contributed by atoms with Crippen molar-refractivity contribution in [1.82, 2.24) is 0 Å². The van der Waals surface area contributed by atoms with Crippen molar-refractivity contribution in [3.8, 4) is 0 Å². The summed E-state index contributed by atoms with van der Waals surface area (Å²) in [6, 6.07) is 5.45. The normalized spacial score (nSPS) is 26.5. The van der Waals surface area contributed by atoms with E-state index in [4.69, 9.17) is 4.99 Å². The van der Waals surface area contributed by atoms with Crippen LogP contribution in [-0.4, -0.2) is 17.0 Å². The van der Waals surface area contributed by atoms with Crippen LogP contribution in [0.3, 0.4) is 0 Å². The van der Waals surface area contributed by atoms with E-state index in [0.717, 1.165) is 22.5 Å². The molecule has 1 fully saturated rings. The summed E-state index contributed by atoms with van der Waals surface area (Å²) >= 11 is 4.99. The Morgan fingerprint density at radius 3 is 3.00 bits per heavy atom. The van der Waals surface area contributed by atoms with E-state index < -0.39 is 0 Å². The highest BCUT2D eigenvalue weighted by atomic mass is 79.9. The van der Waals surface area contributed by atoms with Crippen LogP contribution >= 0.6 is 27.7 Å². The molecule has 1 aliphatic carbocycles. The van der Waals surface area contributed by atoms with E-state index in [-0.39, 0.29) is 5.82 Å². The molecule has 1 aromatic rings. The molecule has 102 valence electrons. The molecule has 0 spiro atoms. The van der Waals surface area contributed by atoms with Crippen molar-refractivity contribution in [3.05, 3.63) is 28.5 Å². The number of hydrogen-bond acceptors (Lipinski definition) is 3. The first-order valence-corrected chi connectivity index (χ1v) is 8.43. The molecule has 2 aliphatic rings. The van der Waals surface area contributed by atoms with Crippen LogP contribution in [0.15, 0.2) is 27.7 Å². The Morgan fingerprint density at radius 1 is 1.32 bits per heavy atom. The van der Waals surface area contributed by atoms with Gasteiger partial charge in [0.1, 0.15) is 5.82 Å². The monoisotopic (exact) mass is 342 g/mol. The Kier molecular flexibility index (Phi) is 4.12. The van der Waals surface area contributed by atoms with Gasteiger partial charge in [-0.15, -0.1) is 0 Å². The summed E-state index contributed by atoms with van der Waals surface area (Å²) < 4.78 is 13.7. The van der Waals surface area contributed by atoms with Crippen molar-refractivity contribution in [2.45, 2.75) is 31.7 Å². The van der Waals surface area contributed by atoms with Gasteiger partial charge < -0.3 is 5.32 Å². The number of benzene rings is 1. The lowest BCUT2D eigenvalue weighted by atomic mass is 9.86. The Labute approximate surface area is 125 Å². The highest BCUT2D eigenvalue weighted by Crippen LogP contribution is 2.34. The Hall–Kier alpha value is -0.550. The van der Waals surface area contributed by atoms with Crippen LogP contribution in [0, 0.1) is 11.7 Å². The zero-order valence-corrected chi connectivity index (χ0v) is 12.9. The van der Waals surface area contributed by atoms with Crippen molar-refractivity contribution in [1.29, 1.82) is 0 Å². The van der Waals surface area contributed by atoms with Crippen molar-refractivity contribution in [2.24, 2.45) is 10.9 Å². The Balaban J connectivity index is 1.72. The molecule has 1 aromatic carbocycles. The molecule has 2 atom stereocenters. The molecule has 5 heteroatoms. The minimum absolute atomic E-state index is 0.240. The van der Waals surface area contributed by atoms with Crippen LogP contribution < -0.4 is 5.32 Å². The zero-order valence-electron chi connectivity index (χ0n) is 10.5. The Morgan fingerprint density at radius 2 is 2.16 bits per heavy atom. The summed E-state index contributed by atoms with van der Waals surface area (Å²) in [5, 5.41) is 4.27. The number of rotatable bonds is 1. The minimum Gasteiger partial charge on any atom is -0.335 e. The highest BCUT2D eigenvalue weighted by Gasteiger charge is 2.29. The SMILES string of the molecule is Fc1ccc(NC2=NC3CCCCC3CS2)cc1Br. The van der Waals surface area contributed by atoms with Gasteiger partial charge in [0.15, 0.2) is 5.17 Å². The summed E-state index contributed by atoms with van der Waals surface area (Å²) in [5.41, 5.74) is 0.883. The molecule has 3 rings (SSSR count). The third-order valence-corrected chi connectivity index (χ3v) is 5.44. The molecule has 0 amide bonds. The lowest BCUT2D eigenvalue weighted by Crippen LogP contribution is -2.31. The standard InChI is InChI=1S/C14H16BrFN2S/c15-11-7-10(5-6-12(11)16)17-14-18-13-4-2-1-3-9(13)8-19-14/h5-7,9,13H,1-4,8H2,(H,17,18).